The van der Waals surface area contributed by atoms with Crippen molar-refractivity contribution in [1.29, 1.82) is 0 Å². The highest BCUT2D eigenvalue weighted by Crippen LogP contribution is 2.36. The van der Waals surface area contributed by atoms with Gasteiger partial charge in [-0.15, -0.1) is 11.3 Å². The summed E-state index contributed by atoms with van der Waals surface area (Å²) >= 11 is 1.84. The van der Waals surface area contributed by atoms with E-state index in [2.05, 4.69) is 23.7 Å². The fourth-order valence-electron chi connectivity index (χ4n) is 2.60. The van der Waals surface area contributed by atoms with Crippen LogP contribution >= 0.6 is 11.3 Å². The molecular formula is C13H22N2S. The highest BCUT2D eigenvalue weighted by molar-refractivity contribution is 7.10. The molecule has 0 atom stereocenters. The summed E-state index contributed by atoms with van der Waals surface area (Å²) in [4.78, 5) is 1.46. The molecule has 1 aromatic rings. The van der Waals surface area contributed by atoms with Gasteiger partial charge >= 0.3 is 0 Å². The molecule has 1 heterocycles. The van der Waals surface area contributed by atoms with Crippen molar-refractivity contribution in [3.8, 4) is 0 Å². The van der Waals surface area contributed by atoms with E-state index in [-0.39, 0.29) is 0 Å². The molecule has 0 aromatic carbocycles. The summed E-state index contributed by atoms with van der Waals surface area (Å²) in [6.45, 7) is 5.11. The lowest BCUT2D eigenvalue weighted by molar-refractivity contribution is 0.290. The maximum absolute atomic E-state index is 5.92. The second-order valence-electron chi connectivity index (χ2n) is 5.04. The number of aryl methyl sites for hydroxylation is 1. The predicted octanol–water partition coefficient (Wildman–Crippen LogP) is 2.67. The zero-order valence-corrected chi connectivity index (χ0v) is 10.9. The minimum Gasteiger partial charge on any atom is -0.330 e. The van der Waals surface area contributed by atoms with Gasteiger partial charge in [0.25, 0.3) is 0 Å². The van der Waals surface area contributed by atoms with Gasteiger partial charge in [0.15, 0.2) is 0 Å². The Hall–Kier alpha value is -0.380. The molecule has 3 heteroatoms. The molecule has 1 saturated carbocycles. The van der Waals surface area contributed by atoms with Crippen LogP contribution in [-0.4, -0.2) is 13.1 Å². The van der Waals surface area contributed by atoms with Crippen LogP contribution in [0.15, 0.2) is 11.4 Å². The van der Waals surface area contributed by atoms with Crippen LogP contribution in [0.3, 0.4) is 0 Å². The van der Waals surface area contributed by atoms with E-state index in [9.17, 15) is 0 Å². The van der Waals surface area contributed by atoms with Crippen LogP contribution in [0.4, 0.5) is 0 Å². The van der Waals surface area contributed by atoms with E-state index in [1.807, 2.05) is 11.3 Å². The van der Waals surface area contributed by atoms with E-state index in [0.29, 0.717) is 5.41 Å². The fourth-order valence-corrected chi connectivity index (χ4v) is 3.48. The standard InChI is InChI=1S/C13H22N2S/c1-11-4-7-16-12(11)8-15-10-13(9-14)5-2-3-6-13/h4,7,15H,2-3,5-6,8-10,14H2,1H3. The molecule has 1 aliphatic rings. The van der Waals surface area contributed by atoms with Crippen molar-refractivity contribution < 1.29 is 0 Å². The van der Waals surface area contributed by atoms with Gasteiger partial charge in [-0.1, -0.05) is 12.8 Å². The molecule has 2 rings (SSSR count). The third kappa shape index (κ3) is 2.65. The maximum atomic E-state index is 5.92. The Morgan fingerprint density at radius 2 is 2.19 bits per heavy atom. The highest BCUT2D eigenvalue weighted by Gasteiger charge is 2.31. The molecule has 1 aromatic heterocycles. The first-order chi connectivity index (χ1) is 7.76. The minimum atomic E-state index is 0.394. The highest BCUT2D eigenvalue weighted by atomic mass is 32.1. The van der Waals surface area contributed by atoms with Crippen LogP contribution in [0.2, 0.25) is 0 Å². The zero-order valence-electron chi connectivity index (χ0n) is 10.1. The van der Waals surface area contributed by atoms with Gasteiger partial charge in [0, 0.05) is 18.0 Å². The summed E-state index contributed by atoms with van der Waals surface area (Å²) in [7, 11) is 0. The Morgan fingerprint density at radius 3 is 2.75 bits per heavy atom. The van der Waals surface area contributed by atoms with E-state index < -0.39 is 0 Å². The summed E-state index contributed by atoms with van der Waals surface area (Å²) in [5.41, 5.74) is 7.72. The van der Waals surface area contributed by atoms with Gasteiger partial charge in [0.2, 0.25) is 0 Å². The Morgan fingerprint density at radius 1 is 1.44 bits per heavy atom. The van der Waals surface area contributed by atoms with E-state index in [1.165, 1.54) is 36.1 Å². The summed E-state index contributed by atoms with van der Waals surface area (Å²) in [6, 6.07) is 2.19. The molecule has 1 aliphatic carbocycles. The van der Waals surface area contributed by atoms with Crippen LogP contribution in [0.5, 0.6) is 0 Å². The second-order valence-corrected chi connectivity index (χ2v) is 6.04. The number of nitrogens with two attached hydrogens (primary N) is 1. The first kappa shape index (κ1) is 12.1. The van der Waals surface area contributed by atoms with Gasteiger partial charge in [-0.2, -0.15) is 0 Å². The molecular weight excluding hydrogens is 216 g/mol. The molecule has 0 spiro atoms. The Bertz CT molecular complexity index is 326. The Kier molecular flexibility index (Phi) is 4.00. The average molecular weight is 238 g/mol. The van der Waals surface area contributed by atoms with Gasteiger partial charge in [0.1, 0.15) is 0 Å². The van der Waals surface area contributed by atoms with E-state index >= 15 is 0 Å². The molecule has 0 aliphatic heterocycles. The number of rotatable bonds is 5. The number of nitrogens with one attached hydrogen (secondary N) is 1. The molecule has 3 N–H and O–H groups in total. The van der Waals surface area contributed by atoms with Crippen molar-refractivity contribution in [2.45, 2.75) is 39.2 Å². The number of thiophene rings is 1. The predicted molar refractivity (Wildman–Crippen MR) is 70.7 cm³/mol. The normalized spacial score (nSPS) is 19.1. The Balaban J connectivity index is 1.81. The van der Waals surface area contributed by atoms with Gasteiger partial charge in [-0.3, -0.25) is 0 Å². The molecule has 0 unspecified atom stereocenters. The molecule has 2 nitrogen and oxygen atoms in total. The summed E-state index contributed by atoms with van der Waals surface area (Å²) in [6.07, 6.45) is 5.33. The van der Waals surface area contributed by atoms with Crippen LogP contribution < -0.4 is 11.1 Å². The van der Waals surface area contributed by atoms with E-state index in [4.69, 9.17) is 5.73 Å². The summed E-state index contributed by atoms with van der Waals surface area (Å²) in [5.74, 6) is 0. The van der Waals surface area contributed by atoms with Crippen LogP contribution in [0.1, 0.15) is 36.1 Å². The zero-order chi connectivity index (χ0) is 11.4. The topological polar surface area (TPSA) is 38.0 Å². The summed E-state index contributed by atoms with van der Waals surface area (Å²) in [5, 5.41) is 5.76. The third-order valence-electron chi connectivity index (χ3n) is 3.85. The van der Waals surface area contributed by atoms with Crippen molar-refractivity contribution >= 4 is 11.3 Å². The van der Waals surface area contributed by atoms with Crippen LogP contribution in [-0.2, 0) is 6.54 Å². The van der Waals surface area contributed by atoms with Crippen LogP contribution in [0, 0.1) is 12.3 Å². The van der Waals surface area contributed by atoms with Gasteiger partial charge in [-0.25, -0.2) is 0 Å². The van der Waals surface area contributed by atoms with Crippen molar-refractivity contribution in [2.24, 2.45) is 11.1 Å². The monoisotopic (exact) mass is 238 g/mol. The van der Waals surface area contributed by atoms with Gasteiger partial charge in [0.05, 0.1) is 0 Å². The van der Waals surface area contributed by atoms with Gasteiger partial charge in [-0.05, 0) is 48.7 Å². The third-order valence-corrected chi connectivity index (χ3v) is 4.87. The smallest absolute Gasteiger partial charge is 0.0302 e. The second kappa shape index (κ2) is 5.30. The first-order valence-electron chi connectivity index (χ1n) is 6.19. The quantitative estimate of drug-likeness (QED) is 0.827. The maximum Gasteiger partial charge on any atom is 0.0302 e. The summed E-state index contributed by atoms with van der Waals surface area (Å²) < 4.78 is 0. The molecule has 90 valence electrons. The molecule has 1 fully saturated rings. The van der Waals surface area contributed by atoms with Crippen molar-refractivity contribution in [2.75, 3.05) is 13.1 Å². The largest absolute Gasteiger partial charge is 0.330 e. The lowest BCUT2D eigenvalue weighted by Crippen LogP contribution is -2.37. The number of hydrogen-bond acceptors (Lipinski definition) is 3. The molecule has 0 amide bonds. The average Bonchev–Trinajstić information content (AvgIpc) is 2.90. The lowest BCUT2D eigenvalue weighted by Gasteiger charge is -2.27. The molecule has 16 heavy (non-hydrogen) atoms. The van der Waals surface area contributed by atoms with Crippen molar-refractivity contribution in [3.63, 3.8) is 0 Å². The minimum absolute atomic E-state index is 0.394. The Labute approximate surface area is 102 Å². The first-order valence-corrected chi connectivity index (χ1v) is 7.07. The van der Waals surface area contributed by atoms with Crippen LogP contribution in [0.25, 0.3) is 0 Å². The van der Waals surface area contributed by atoms with Crippen molar-refractivity contribution in [3.05, 3.63) is 21.9 Å². The molecule has 0 bridgehead atoms. The fraction of sp³-hybridized carbons (Fsp3) is 0.692. The molecule has 0 radical (unpaired) electrons. The van der Waals surface area contributed by atoms with E-state index in [0.717, 1.165) is 19.6 Å². The van der Waals surface area contributed by atoms with E-state index in [1.54, 1.807) is 0 Å². The number of hydrogen-bond donors (Lipinski definition) is 2. The van der Waals surface area contributed by atoms with Gasteiger partial charge < -0.3 is 11.1 Å². The lowest BCUT2D eigenvalue weighted by atomic mass is 9.86. The molecule has 0 saturated heterocycles. The van der Waals surface area contributed by atoms with Crippen molar-refractivity contribution in [1.82, 2.24) is 5.32 Å². The SMILES string of the molecule is Cc1ccsc1CNCC1(CN)CCCC1.